The first-order valence-corrected chi connectivity index (χ1v) is 15.0. The summed E-state index contributed by atoms with van der Waals surface area (Å²) in [5.41, 5.74) is 12.8. The quantitative estimate of drug-likeness (QED) is 0.158. The van der Waals surface area contributed by atoms with Gasteiger partial charge in [0.2, 0.25) is 19.2 Å². The van der Waals surface area contributed by atoms with Crippen molar-refractivity contribution < 1.29 is 28.6 Å². The molecule has 1 aliphatic rings. The molecule has 12 heteroatoms. The zero-order valence-corrected chi connectivity index (χ0v) is 23.9. The molecule has 4 amide bonds. The number of likely N-dealkylation sites (N-methyl/N-ethyl adjacent to an activating group) is 1. The Balaban J connectivity index is 1.88. The Kier molecular flexibility index (Phi) is 9.08. The van der Waals surface area contributed by atoms with Gasteiger partial charge in [0.1, 0.15) is 12.3 Å². The summed E-state index contributed by atoms with van der Waals surface area (Å²) in [4.78, 5) is 64.0. The monoisotopic (exact) mass is 559 g/mol. The molecule has 0 spiro atoms. The van der Waals surface area contributed by atoms with E-state index in [1.807, 2.05) is 27.7 Å². The van der Waals surface area contributed by atoms with Gasteiger partial charge in [-0.25, -0.2) is 0 Å². The Morgan fingerprint density at radius 3 is 1.90 bits per heavy atom. The van der Waals surface area contributed by atoms with Gasteiger partial charge in [-0.2, -0.15) is 0 Å². The molecule has 0 fully saturated rings. The molecule has 0 saturated heterocycles. The van der Waals surface area contributed by atoms with Crippen molar-refractivity contribution >= 4 is 53.1 Å². The van der Waals surface area contributed by atoms with E-state index in [0.717, 1.165) is 4.90 Å². The highest BCUT2D eigenvalue weighted by atomic mass is 31.2. The van der Waals surface area contributed by atoms with E-state index in [4.69, 9.17) is 11.5 Å². The van der Waals surface area contributed by atoms with E-state index < -0.39 is 49.5 Å². The molecule has 0 aromatic heterocycles. The van der Waals surface area contributed by atoms with Crippen LogP contribution in [0.25, 0.3) is 10.8 Å². The summed E-state index contributed by atoms with van der Waals surface area (Å²) >= 11 is 0. The number of imide groups is 1. The minimum Gasteiger partial charge on any atom is -0.399 e. The summed E-state index contributed by atoms with van der Waals surface area (Å²) in [5.74, 6) is -3.18. The maximum absolute atomic E-state index is 13.5. The van der Waals surface area contributed by atoms with Crippen molar-refractivity contribution in [2.45, 2.75) is 46.6 Å². The number of amides is 4. The summed E-state index contributed by atoms with van der Waals surface area (Å²) in [6.07, 6.45) is -0.575. The van der Waals surface area contributed by atoms with Crippen LogP contribution >= 0.6 is 7.37 Å². The fraction of sp³-hybridized carbons (Fsp3) is 0.481. The Morgan fingerprint density at radius 2 is 1.44 bits per heavy atom. The normalized spacial score (nSPS) is 16.4. The summed E-state index contributed by atoms with van der Waals surface area (Å²) in [6.45, 7) is 7.58. The number of benzene rings is 2. The Bertz CT molecular complexity index is 1300. The smallest absolute Gasteiger partial charge is 0.261 e. The summed E-state index contributed by atoms with van der Waals surface area (Å²) < 4.78 is 13.5. The molecule has 3 atom stereocenters. The number of nitrogens with one attached hydrogen (secondary N) is 2. The zero-order valence-electron chi connectivity index (χ0n) is 23.0. The number of nitrogens with two attached hydrogens (primary N) is 2. The van der Waals surface area contributed by atoms with Crippen LogP contribution in [0.1, 0.15) is 61.3 Å². The number of nitrogen functional groups attached to an aromatic ring is 2. The molecule has 1 heterocycles. The fourth-order valence-corrected chi connectivity index (χ4v) is 6.85. The number of hydrogen-bond donors (Lipinski definition) is 5. The van der Waals surface area contributed by atoms with Crippen molar-refractivity contribution in [3.63, 3.8) is 0 Å². The average Bonchev–Trinajstić information content (AvgIpc) is 2.82. The van der Waals surface area contributed by atoms with Crippen LogP contribution in [0.2, 0.25) is 0 Å². The third-order valence-electron chi connectivity index (χ3n) is 6.63. The minimum absolute atomic E-state index is 0.00187. The predicted molar refractivity (Wildman–Crippen MR) is 151 cm³/mol. The molecule has 2 aromatic rings. The largest absolute Gasteiger partial charge is 0.399 e. The van der Waals surface area contributed by atoms with Gasteiger partial charge in [-0.1, -0.05) is 27.7 Å². The van der Waals surface area contributed by atoms with Crippen LogP contribution < -0.4 is 22.1 Å². The SMILES string of the molecule is CNC(=O)[C@H](CC(C)C)NC(=O)C(CC(C)C)CP(=O)(O)CN1C(=O)c2cc(N)cc3cc(N)cc(c23)C1=O. The molecule has 212 valence electrons. The lowest BCUT2D eigenvalue weighted by Gasteiger charge is -2.30. The summed E-state index contributed by atoms with van der Waals surface area (Å²) in [5, 5.41) is 6.17. The Labute approximate surface area is 228 Å². The van der Waals surface area contributed by atoms with Crippen LogP contribution in [-0.4, -0.2) is 59.0 Å². The van der Waals surface area contributed by atoms with E-state index in [0.29, 0.717) is 17.2 Å². The highest BCUT2D eigenvalue weighted by molar-refractivity contribution is 7.58. The fourth-order valence-electron chi connectivity index (χ4n) is 5.03. The molecule has 0 aliphatic carbocycles. The molecule has 3 rings (SSSR count). The van der Waals surface area contributed by atoms with E-state index in [2.05, 4.69) is 10.6 Å². The molecule has 1 aliphatic heterocycles. The minimum atomic E-state index is -4.25. The molecule has 0 radical (unpaired) electrons. The van der Waals surface area contributed by atoms with Gasteiger partial charge in [-0.05, 0) is 54.3 Å². The van der Waals surface area contributed by atoms with Crippen LogP contribution in [0.3, 0.4) is 0 Å². The first-order chi connectivity index (χ1) is 18.1. The Morgan fingerprint density at radius 1 is 0.923 bits per heavy atom. The molecule has 2 aromatic carbocycles. The molecule has 39 heavy (non-hydrogen) atoms. The van der Waals surface area contributed by atoms with Gasteiger partial charge in [0, 0.05) is 35.9 Å². The number of hydrogen-bond acceptors (Lipinski definition) is 7. The van der Waals surface area contributed by atoms with E-state index in [-0.39, 0.29) is 46.7 Å². The van der Waals surface area contributed by atoms with Gasteiger partial charge < -0.3 is 27.0 Å². The van der Waals surface area contributed by atoms with Crippen molar-refractivity contribution in [1.82, 2.24) is 15.5 Å². The van der Waals surface area contributed by atoms with Gasteiger partial charge >= 0.3 is 0 Å². The van der Waals surface area contributed by atoms with Crippen molar-refractivity contribution in [2.24, 2.45) is 17.8 Å². The summed E-state index contributed by atoms with van der Waals surface area (Å²) in [7, 11) is -2.78. The maximum Gasteiger partial charge on any atom is 0.261 e. The van der Waals surface area contributed by atoms with Crippen LogP contribution in [0.15, 0.2) is 24.3 Å². The number of carbonyl (C=O) groups excluding carboxylic acids is 4. The highest BCUT2D eigenvalue weighted by Gasteiger charge is 2.40. The van der Waals surface area contributed by atoms with E-state index in [1.54, 1.807) is 12.1 Å². The zero-order chi connectivity index (χ0) is 29.2. The Hall–Kier alpha value is -3.43. The highest BCUT2D eigenvalue weighted by Crippen LogP contribution is 2.46. The van der Waals surface area contributed by atoms with Crippen molar-refractivity contribution in [3.8, 4) is 0 Å². The van der Waals surface area contributed by atoms with Gasteiger partial charge in [-0.15, -0.1) is 0 Å². The van der Waals surface area contributed by atoms with Crippen molar-refractivity contribution in [3.05, 3.63) is 35.4 Å². The van der Waals surface area contributed by atoms with Crippen LogP contribution in [-0.2, 0) is 14.2 Å². The lowest BCUT2D eigenvalue weighted by molar-refractivity contribution is -0.131. The summed E-state index contributed by atoms with van der Waals surface area (Å²) in [6, 6.07) is 5.26. The third-order valence-corrected chi connectivity index (χ3v) is 8.36. The molecular weight excluding hydrogens is 521 g/mol. The van der Waals surface area contributed by atoms with Crippen LogP contribution in [0.5, 0.6) is 0 Å². The van der Waals surface area contributed by atoms with Crippen molar-refractivity contribution in [2.75, 3.05) is 31.0 Å². The molecular formula is C27H38N5O6P. The lowest BCUT2D eigenvalue weighted by atomic mass is 9.93. The van der Waals surface area contributed by atoms with Crippen LogP contribution in [0, 0.1) is 17.8 Å². The predicted octanol–water partition coefficient (Wildman–Crippen LogP) is 2.77. The number of carbonyl (C=O) groups is 4. The van der Waals surface area contributed by atoms with Gasteiger partial charge in [0.15, 0.2) is 0 Å². The first kappa shape index (κ1) is 30.1. The second-order valence-corrected chi connectivity index (χ2v) is 13.4. The van der Waals surface area contributed by atoms with Crippen molar-refractivity contribution in [1.29, 1.82) is 0 Å². The molecule has 11 nitrogen and oxygen atoms in total. The lowest BCUT2D eigenvalue weighted by Crippen LogP contribution is -2.49. The second-order valence-electron chi connectivity index (χ2n) is 11.1. The first-order valence-electron chi connectivity index (χ1n) is 12.9. The standard InChI is InChI=1S/C27H38N5O6P/c1-14(2)6-17(24(33)31-22(7-15(3)4)25(34)30-5)12-39(37,38)13-32-26(35)20-10-18(28)8-16-9-19(29)11-21(23(16)20)27(32)36/h8-11,14-15,17,22H,6-7,12-13,28-29H2,1-5H3,(H,30,34)(H,31,33)(H,37,38)/t17?,22-/m0/s1. The van der Waals surface area contributed by atoms with E-state index in [9.17, 15) is 28.6 Å². The van der Waals surface area contributed by atoms with Gasteiger partial charge in [-0.3, -0.25) is 28.6 Å². The van der Waals surface area contributed by atoms with Gasteiger partial charge in [0.25, 0.3) is 11.8 Å². The number of rotatable bonds is 11. The third kappa shape index (κ3) is 6.96. The number of anilines is 2. The molecule has 2 unspecified atom stereocenters. The van der Waals surface area contributed by atoms with Gasteiger partial charge in [0.05, 0.1) is 11.1 Å². The topological polar surface area (TPSA) is 185 Å². The molecule has 0 saturated carbocycles. The second kappa shape index (κ2) is 11.8. The maximum atomic E-state index is 13.5. The van der Waals surface area contributed by atoms with E-state index in [1.165, 1.54) is 19.2 Å². The molecule has 0 bridgehead atoms. The molecule has 7 N–H and O–H groups in total. The van der Waals surface area contributed by atoms with E-state index >= 15 is 0 Å². The van der Waals surface area contributed by atoms with Crippen LogP contribution in [0.4, 0.5) is 11.4 Å². The average molecular weight is 560 g/mol. The number of nitrogens with zero attached hydrogens (tertiary/aromatic N) is 1.